The lowest BCUT2D eigenvalue weighted by molar-refractivity contribution is -0.249. The van der Waals surface area contributed by atoms with E-state index in [1.54, 1.807) is 0 Å². The van der Waals surface area contributed by atoms with Gasteiger partial charge in [0, 0.05) is 6.66 Å². The largest absolute Gasteiger partial charge is 0.778 e. The average molecular weight is 332 g/mol. The summed E-state index contributed by atoms with van der Waals surface area (Å²) in [4.78, 5) is 49.5. The predicted octanol–water partition coefficient (Wildman–Crippen LogP) is -2.38. The summed E-state index contributed by atoms with van der Waals surface area (Å²) in [6.45, 7) is 0.280. The van der Waals surface area contributed by atoms with Crippen LogP contribution >= 0.6 is 31.1 Å². The Hall–Kier alpha value is 0.600. The summed E-state index contributed by atoms with van der Waals surface area (Å²) in [6.07, 6.45) is 0. The maximum absolute atomic E-state index is 10.6. The van der Waals surface area contributed by atoms with Crippen molar-refractivity contribution in [3.8, 4) is 0 Å². The molecule has 0 saturated heterocycles. The Kier molecular flexibility index (Phi) is 5.49. The fourth-order valence-corrected chi connectivity index (χ4v) is 4.68. The molecule has 0 rings (SSSR count). The minimum absolute atomic E-state index is 0.280. The zero-order valence-corrected chi connectivity index (χ0v) is 11.3. The van der Waals surface area contributed by atoms with Gasteiger partial charge in [-0.15, -0.1) is 0 Å². The minimum atomic E-state index is -6.06. The molecule has 0 radical (unpaired) electrons. The smallest absolute Gasteiger partial charge is 0.280 e. The van der Waals surface area contributed by atoms with E-state index in [2.05, 4.69) is 12.9 Å². The van der Waals surface area contributed by atoms with E-state index < -0.39 is 31.1 Å². The van der Waals surface area contributed by atoms with Gasteiger partial charge in [0.15, 0.2) is 0 Å². The summed E-state index contributed by atoms with van der Waals surface area (Å²) in [6, 6.07) is 0. The topological polar surface area (TPSA) is 208 Å². The van der Waals surface area contributed by atoms with Crippen LogP contribution in [0.3, 0.4) is 0 Å². The number of hydrogen-bond acceptors (Lipinski definition) is 11. The Morgan fingerprint density at radius 2 is 1.18 bits per heavy atom. The van der Waals surface area contributed by atoms with Crippen molar-refractivity contribution >= 4 is 31.1 Å². The lowest BCUT2D eigenvalue weighted by atomic mass is 12.0. The van der Waals surface area contributed by atoms with Gasteiger partial charge >= 0.3 is 0 Å². The van der Waals surface area contributed by atoms with Crippen LogP contribution in [-0.2, 0) is 31.2 Å². The van der Waals surface area contributed by atoms with Crippen molar-refractivity contribution in [2.45, 2.75) is 0 Å². The minimum Gasteiger partial charge on any atom is -0.778 e. The van der Waals surface area contributed by atoms with Gasteiger partial charge in [-0.2, -0.15) is 0 Å². The van der Waals surface area contributed by atoms with Gasteiger partial charge in [-0.05, 0) is 0 Å². The lowest BCUT2D eigenvalue weighted by Crippen LogP contribution is -2.16. The Balaban J connectivity index is 4.84. The molecule has 0 bridgehead atoms. The zero-order chi connectivity index (χ0) is 14.1. The molecule has 0 aliphatic heterocycles. The molecule has 0 aromatic heterocycles. The molecule has 0 aromatic carbocycles. The summed E-state index contributed by atoms with van der Waals surface area (Å²) in [5.74, 6) is 0. The molecule has 1 N–H and O–H groups in total. The van der Waals surface area contributed by atoms with E-state index in [0.29, 0.717) is 0 Å². The Labute approximate surface area is 94.2 Å². The highest BCUT2D eigenvalue weighted by molar-refractivity contribution is 7.68. The molecule has 0 aromatic rings. The van der Waals surface area contributed by atoms with E-state index in [1.165, 1.54) is 0 Å². The highest BCUT2D eigenvalue weighted by Gasteiger charge is 2.25. The molecule has 0 saturated carbocycles. The van der Waals surface area contributed by atoms with E-state index in [-0.39, 0.29) is 6.66 Å². The van der Waals surface area contributed by atoms with E-state index in [0.717, 1.165) is 0 Å². The van der Waals surface area contributed by atoms with E-state index in [9.17, 15) is 37.8 Å². The standard InChI is InChI=1S/CH8O12P4/c1-14(2,3)11-16(7,8)13-17(9,10)12-15(4,5)6/h1H3,(H,2,3)(H,7,8)(H,9,10)(H2,4,5,6)/p-4. The van der Waals surface area contributed by atoms with Crippen LogP contribution in [0.25, 0.3) is 0 Å². The van der Waals surface area contributed by atoms with Gasteiger partial charge in [0.2, 0.25) is 0 Å². The fourth-order valence-electron chi connectivity index (χ4n) is 0.460. The van der Waals surface area contributed by atoms with Crippen LogP contribution in [0.5, 0.6) is 0 Å². The molecule has 0 fully saturated rings. The normalized spacial score (nSPS) is 26.2. The van der Waals surface area contributed by atoms with Gasteiger partial charge in [0.1, 0.15) is 7.60 Å². The Morgan fingerprint density at radius 3 is 1.47 bits per heavy atom. The average Bonchev–Trinajstić information content (AvgIpc) is 1.65. The molecule has 0 aliphatic carbocycles. The highest BCUT2D eigenvalue weighted by Crippen LogP contribution is 2.64. The van der Waals surface area contributed by atoms with Gasteiger partial charge in [-0.1, -0.05) is 0 Å². The molecule has 17 heavy (non-hydrogen) atoms. The SMILES string of the molecule is CP(=O)([O-])OP(=O)([O-])OP(=O)([O-])OP(=O)([O-])O. The monoisotopic (exact) mass is 332 g/mol. The zero-order valence-electron chi connectivity index (χ0n) is 7.73. The van der Waals surface area contributed by atoms with Crippen molar-refractivity contribution in [3.05, 3.63) is 0 Å². The van der Waals surface area contributed by atoms with Crippen LogP contribution in [0.4, 0.5) is 0 Å². The molecular formula is CH4O12P4-4. The molecule has 104 valence electrons. The van der Waals surface area contributed by atoms with Crippen molar-refractivity contribution in [2.75, 3.05) is 6.66 Å². The third kappa shape index (κ3) is 10.2. The molecule has 4 atom stereocenters. The van der Waals surface area contributed by atoms with Crippen molar-refractivity contribution in [3.63, 3.8) is 0 Å². The second-order valence-corrected chi connectivity index (χ2v) is 8.61. The first-order chi connectivity index (χ1) is 7.12. The second kappa shape index (κ2) is 5.30. The number of rotatable bonds is 6. The van der Waals surface area contributed by atoms with Crippen molar-refractivity contribution < 1.29 is 55.7 Å². The van der Waals surface area contributed by atoms with Crippen molar-refractivity contribution in [1.82, 2.24) is 0 Å². The predicted molar refractivity (Wildman–Crippen MR) is 41.8 cm³/mol. The number of hydrogen-bond donors (Lipinski definition) is 1. The molecule has 4 unspecified atom stereocenters. The molecule has 0 spiro atoms. The summed E-state index contributed by atoms with van der Waals surface area (Å²) < 4.78 is 50.7. The molecule has 0 amide bonds. The maximum Gasteiger partial charge on any atom is 0.280 e. The van der Waals surface area contributed by atoms with Crippen LogP contribution in [0, 0.1) is 0 Å². The van der Waals surface area contributed by atoms with E-state index in [4.69, 9.17) is 4.89 Å². The highest BCUT2D eigenvalue weighted by atomic mass is 31.3. The summed E-state index contributed by atoms with van der Waals surface area (Å²) in [5.41, 5.74) is 0. The third-order valence-electron chi connectivity index (χ3n) is 0.651. The van der Waals surface area contributed by atoms with Crippen molar-refractivity contribution in [2.24, 2.45) is 0 Å². The van der Waals surface area contributed by atoms with Gasteiger partial charge in [-0.3, -0.25) is 18.0 Å². The molecule has 16 heteroatoms. The van der Waals surface area contributed by atoms with Gasteiger partial charge in [0.25, 0.3) is 23.5 Å². The first kappa shape index (κ1) is 17.6. The molecule has 0 aliphatic rings. The van der Waals surface area contributed by atoms with Crippen LogP contribution in [0.2, 0.25) is 0 Å². The van der Waals surface area contributed by atoms with Gasteiger partial charge in [-0.25, -0.2) is 8.62 Å². The maximum atomic E-state index is 10.6. The first-order valence-electron chi connectivity index (χ1n) is 3.20. The van der Waals surface area contributed by atoms with Crippen molar-refractivity contribution in [1.29, 1.82) is 0 Å². The summed E-state index contributed by atoms with van der Waals surface area (Å²) in [7, 11) is -22.7. The fraction of sp³-hybridized carbons (Fsp3) is 1.00. The van der Waals surface area contributed by atoms with E-state index >= 15 is 0 Å². The van der Waals surface area contributed by atoms with Crippen LogP contribution in [0.1, 0.15) is 0 Å². The summed E-state index contributed by atoms with van der Waals surface area (Å²) in [5, 5.41) is 0. The summed E-state index contributed by atoms with van der Waals surface area (Å²) >= 11 is 0. The second-order valence-electron chi connectivity index (χ2n) is 2.38. The third-order valence-corrected chi connectivity index (χ3v) is 5.86. The molecule has 0 heterocycles. The first-order valence-corrected chi connectivity index (χ1v) is 9.61. The van der Waals surface area contributed by atoms with Crippen LogP contribution in [0.15, 0.2) is 0 Å². The Bertz CT molecular complexity index is 407. The number of phosphoric acid groups is 3. The van der Waals surface area contributed by atoms with Gasteiger partial charge in [0.05, 0.1) is 0 Å². The van der Waals surface area contributed by atoms with Gasteiger partial charge < -0.3 is 29.0 Å². The van der Waals surface area contributed by atoms with Crippen LogP contribution < -0.4 is 19.6 Å². The Morgan fingerprint density at radius 1 is 0.824 bits per heavy atom. The quantitative estimate of drug-likeness (QED) is 0.505. The molecule has 12 nitrogen and oxygen atoms in total. The molecular weight excluding hydrogens is 328 g/mol. The lowest BCUT2D eigenvalue weighted by Gasteiger charge is -2.34. The van der Waals surface area contributed by atoms with E-state index in [1.807, 2.05) is 0 Å². The van der Waals surface area contributed by atoms with Crippen LogP contribution in [-0.4, -0.2) is 11.6 Å².